The van der Waals surface area contributed by atoms with Crippen LogP contribution in [0.15, 0.2) is 29.6 Å². The molecule has 2 aromatic rings. The normalized spacial score (nSPS) is 13.9. The van der Waals surface area contributed by atoms with Crippen molar-refractivity contribution in [1.29, 1.82) is 0 Å². The van der Waals surface area contributed by atoms with Crippen molar-refractivity contribution in [2.75, 3.05) is 6.61 Å². The number of hydrogen-bond acceptors (Lipinski definition) is 4. The molecule has 0 bridgehead atoms. The van der Waals surface area contributed by atoms with E-state index in [0.29, 0.717) is 12.6 Å². The number of aryl methyl sites for hydroxylation is 2. The van der Waals surface area contributed by atoms with E-state index >= 15 is 0 Å². The molecule has 1 fully saturated rings. The van der Waals surface area contributed by atoms with Gasteiger partial charge in [-0.3, -0.25) is 4.79 Å². The van der Waals surface area contributed by atoms with Crippen LogP contribution in [0, 0.1) is 13.8 Å². The molecule has 1 aliphatic carbocycles. The Morgan fingerprint density at radius 2 is 2.05 bits per heavy atom. The zero-order valence-corrected chi connectivity index (χ0v) is 13.7. The lowest BCUT2D eigenvalue weighted by atomic mass is 10.2. The van der Waals surface area contributed by atoms with Crippen molar-refractivity contribution in [3.05, 3.63) is 45.9 Å². The molecule has 1 heterocycles. The van der Waals surface area contributed by atoms with Crippen molar-refractivity contribution in [2.45, 2.75) is 39.3 Å². The van der Waals surface area contributed by atoms with Crippen molar-refractivity contribution < 1.29 is 9.53 Å². The highest BCUT2D eigenvalue weighted by Crippen LogP contribution is 2.28. The third kappa shape index (κ3) is 3.85. The Balaban J connectivity index is 1.59. The molecule has 1 aromatic heterocycles. The first-order valence-corrected chi connectivity index (χ1v) is 8.40. The van der Waals surface area contributed by atoms with Gasteiger partial charge >= 0.3 is 0 Å². The summed E-state index contributed by atoms with van der Waals surface area (Å²) < 4.78 is 5.62. The summed E-state index contributed by atoms with van der Waals surface area (Å²) in [7, 11) is 0. The number of carbonyl (C=O) groups is 1. The maximum absolute atomic E-state index is 12.5. The van der Waals surface area contributed by atoms with Crippen LogP contribution in [0.3, 0.4) is 0 Å². The summed E-state index contributed by atoms with van der Waals surface area (Å²) in [5.74, 6) is 0.771. The number of ether oxygens (including phenoxy) is 1. The van der Waals surface area contributed by atoms with Gasteiger partial charge in [0.15, 0.2) is 6.61 Å². The fourth-order valence-electron chi connectivity index (χ4n) is 2.32. The summed E-state index contributed by atoms with van der Waals surface area (Å²) in [6.45, 7) is 4.69. The third-order valence-corrected chi connectivity index (χ3v) is 4.51. The molecule has 0 atom stereocenters. The van der Waals surface area contributed by atoms with Crippen LogP contribution in [0.2, 0.25) is 0 Å². The van der Waals surface area contributed by atoms with Gasteiger partial charge in [-0.05, 0) is 38.8 Å². The Kier molecular flexibility index (Phi) is 4.43. The second-order valence-electron chi connectivity index (χ2n) is 5.71. The molecule has 1 saturated carbocycles. The minimum atomic E-state index is 0.0359. The van der Waals surface area contributed by atoms with Crippen LogP contribution in [0.25, 0.3) is 0 Å². The number of hydrogen-bond donors (Lipinski definition) is 0. The molecule has 116 valence electrons. The van der Waals surface area contributed by atoms with Gasteiger partial charge in [0.2, 0.25) is 0 Å². The number of amides is 1. The van der Waals surface area contributed by atoms with Gasteiger partial charge in [0.05, 0.1) is 17.2 Å². The van der Waals surface area contributed by atoms with Crippen LogP contribution >= 0.6 is 11.3 Å². The van der Waals surface area contributed by atoms with Crippen LogP contribution in [-0.2, 0) is 11.3 Å². The van der Waals surface area contributed by atoms with Gasteiger partial charge in [0.1, 0.15) is 5.75 Å². The summed E-state index contributed by atoms with van der Waals surface area (Å²) in [6, 6.07) is 8.12. The van der Waals surface area contributed by atoms with E-state index in [2.05, 4.69) is 4.98 Å². The molecular weight excluding hydrogens is 296 g/mol. The molecule has 0 spiro atoms. The zero-order valence-electron chi connectivity index (χ0n) is 12.9. The lowest BCUT2D eigenvalue weighted by Crippen LogP contribution is -2.36. The quantitative estimate of drug-likeness (QED) is 0.821. The van der Waals surface area contributed by atoms with Gasteiger partial charge in [-0.1, -0.05) is 17.7 Å². The molecule has 4 nitrogen and oxygen atoms in total. The number of benzene rings is 1. The number of nitrogens with zero attached hydrogens (tertiary/aromatic N) is 2. The predicted octanol–water partition coefficient (Wildman–Crippen LogP) is 3.33. The minimum Gasteiger partial charge on any atom is -0.484 e. The van der Waals surface area contributed by atoms with Gasteiger partial charge in [0.25, 0.3) is 5.91 Å². The average molecular weight is 316 g/mol. The molecule has 5 heteroatoms. The van der Waals surface area contributed by atoms with E-state index < -0.39 is 0 Å². The largest absolute Gasteiger partial charge is 0.484 e. The van der Waals surface area contributed by atoms with E-state index in [1.54, 1.807) is 11.3 Å². The minimum absolute atomic E-state index is 0.0359. The monoisotopic (exact) mass is 316 g/mol. The maximum Gasteiger partial charge on any atom is 0.261 e. The summed E-state index contributed by atoms with van der Waals surface area (Å²) in [6.07, 6.45) is 2.17. The van der Waals surface area contributed by atoms with Crippen molar-refractivity contribution in [1.82, 2.24) is 9.88 Å². The fourth-order valence-corrected chi connectivity index (χ4v) is 2.93. The topological polar surface area (TPSA) is 42.4 Å². The highest BCUT2D eigenvalue weighted by atomic mass is 32.1. The Morgan fingerprint density at radius 1 is 1.32 bits per heavy atom. The first kappa shape index (κ1) is 15.0. The average Bonchev–Trinajstić information content (AvgIpc) is 3.26. The molecule has 3 rings (SSSR count). The second kappa shape index (κ2) is 6.48. The fraction of sp³-hybridized carbons (Fsp3) is 0.412. The standard InChI is InChI=1S/C17H20N2O2S/c1-12-3-7-16(8-4-12)21-10-17(20)19(15-5-6-15)9-14-11-22-13(2)18-14/h3-4,7-8,11,15H,5-6,9-10H2,1-2H3. The summed E-state index contributed by atoms with van der Waals surface area (Å²) in [5, 5.41) is 3.06. The Labute approximate surface area is 134 Å². The zero-order chi connectivity index (χ0) is 15.5. The predicted molar refractivity (Wildman–Crippen MR) is 87.1 cm³/mol. The van der Waals surface area contributed by atoms with Gasteiger partial charge < -0.3 is 9.64 Å². The number of aromatic nitrogens is 1. The van der Waals surface area contributed by atoms with Crippen LogP contribution in [0.4, 0.5) is 0 Å². The lowest BCUT2D eigenvalue weighted by Gasteiger charge is -2.21. The molecule has 22 heavy (non-hydrogen) atoms. The molecule has 1 aromatic carbocycles. The van der Waals surface area contributed by atoms with Crippen LogP contribution in [-0.4, -0.2) is 28.4 Å². The molecule has 0 saturated heterocycles. The Bertz CT molecular complexity index is 647. The SMILES string of the molecule is Cc1ccc(OCC(=O)N(Cc2csc(C)n2)C2CC2)cc1. The number of rotatable bonds is 6. The van der Waals surface area contributed by atoms with Crippen molar-refractivity contribution in [3.63, 3.8) is 0 Å². The molecular formula is C17H20N2O2S. The van der Waals surface area contributed by atoms with Crippen molar-refractivity contribution in [2.24, 2.45) is 0 Å². The van der Waals surface area contributed by atoms with E-state index in [-0.39, 0.29) is 12.5 Å². The summed E-state index contributed by atoms with van der Waals surface area (Å²) >= 11 is 1.62. The molecule has 0 aliphatic heterocycles. The highest BCUT2D eigenvalue weighted by molar-refractivity contribution is 7.09. The molecule has 0 radical (unpaired) electrons. The van der Waals surface area contributed by atoms with E-state index in [0.717, 1.165) is 29.3 Å². The van der Waals surface area contributed by atoms with Crippen molar-refractivity contribution >= 4 is 17.2 Å². The van der Waals surface area contributed by atoms with E-state index in [1.807, 2.05) is 48.4 Å². The lowest BCUT2D eigenvalue weighted by molar-refractivity contribution is -0.134. The van der Waals surface area contributed by atoms with E-state index in [4.69, 9.17) is 4.74 Å². The summed E-state index contributed by atoms with van der Waals surface area (Å²) in [4.78, 5) is 18.8. The van der Waals surface area contributed by atoms with Crippen LogP contribution < -0.4 is 4.74 Å². The Morgan fingerprint density at radius 3 is 2.64 bits per heavy atom. The van der Waals surface area contributed by atoms with Gasteiger partial charge in [-0.2, -0.15) is 0 Å². The van der Waals surface area contributed by atoms with E-state index in [1.165, 1.54) is 5.56 Å². The van der Waals surface area contributed by atoms with Crippen LogP contribution in [0.1, 0.15) is 29.1 Å². The number of carbonyl (C=O) groups excluding carboxylic acids is 1. The first-order chi connectivity index (χ1) is 10.6. The van der Waals surface area contributed by atoms with Gasteiger partial charge in [0, 0.05) is 11.4 Å². The summed E-state index contributed by atoms with van der Waals surface area (Å²) in [5.41, 5.74) is 2.15. The van der Waals surface area contributed by atoms with Crippen molar-refractivity contribution in [3.8, 4) is 5.75 Å². The molecule has 0 unspecified atom stereocenters. The first-order valence-electron chi connectivity index (χ1n) is 7.52. The highest BCUT2D eigenvalue weighted by Gasteiger charge is 2.33. The number of thiazole rings is 1. The maximum atomic E-state index is 12.5. The van der Waals surface area contributed by atoms with Crippen LogP contribution in [0.5, 0.6) is 5.75 Å². The van der Waals surface area contributed by atoms with Gasteiger partial charge in [-0.15, -0.1) is 11.3 Å². The molecule has 1 amide bonds. The third-order valence-electron chi connectivity index (χ3n) is 3.69. The Hall–Kier alpha value is -1.88. The van der Waals surface area contributed by atoms with E-state index in [9.17, 15) is 4.79 Å². The molecule has 0 N–H and O–H groups in total. The smallest absolute Gasteiger partial charge is 0.261 e. The molecule has 1 aliphatic rings. The van der Waals surface area contributed by atoms with Gasteiger partial charge in [-0.25, -0.2) is 4.98 Å². The second-order valence-corrected chi connectivity index (χ2v) is 6.77.